The van der Waals surface area contributed by atoms with Crippen LogP contribution in [0.5, 0.6) is 5.75 Å². The van der Waals surface area contributed by atoms with Crippen LogP contribution in [0.4, 0.5) is 0 Å². The molecule has 0 saturated carbocycles. The molecular formula is C28H39N3O4. The van der Waals surface area contributed by atoms with Gasteiger partial charge < -0.3 is 19.3 Å². The van der Waals surface area contributed by atoms with Crippen molar-refractivity contribution in [1.29, 1.82) is 0 Å². The van der Waals surface area contributed by atoms with Crippen LogP contribution < -0.4 is 4.74 Å². The maximum atomic E-state index is 13.6. The van der Waals surface area contributed by atoms with Crippen LogP contribution in [0.15, 0.2) is 42.6 Å². The Hall–Kier alpha value is -2.93. The van der Waals surface area contributed by atoms with E-state index in [2.05, 4.69) is 18.8 Å². The Bertz CT molecular complexity index is 961. The number of hydrogen-bond donors (Lipinski definition) is 0. The zero-order chi connectivity index (χ0) is 25.2. The number of carbonyl (C=O) groups is 2. The lowest BCUT2D eigenvalue weighted by atomic mass is 10.0. The van der Waals surface area contributed by atoms with E-state index in [4.69, 9.17) is 9.47 Å². The lowest BCUT2D eigenvalue weighted by Gasteiger charge is -2.33. The number of hydrogen-bond acceptors (Lipinski definition) is 5. The van der Waals surface area contributed by atoms with E-state index in [9.17, 15) is 9.59 Å². The summed E-state index contributed by atoms with van der Waals surface area (Å²) in [5, 5.41) is 0. The van der Waals surface area contributed by atoms with Crippen LogP contribution in [-0.4, -0.2) is 72.6 Å². The number of ether oxygens (including phenoxy) is 2. The quantitative estimate of drug-likeness (QED) is 0.603. The Morgan fingerprint density at radius 1 is 1.14 bits per heavy atom. The molecule has 2 heterocycles. The van der Waals surface area contributed by atoms with Crippen LogP contribution >= 0.6 is 0 Å². The summed E-state index contributed by atoms with van der Waals surface area (Å²) in [6, 6.07) is 11.0. The molecular weight excluding hydrogens is 442 g/mol. The van der Waals surface area contributed by atoms with Crippen molar-refractivity contribution in [3.05, 3.63) is 59.4 Å². The van der Waals surface area contributed by atoms with Crippen molar-refractivity contribution in [3.8, 4) is 5.75 Å². The van der Waals surface area contributed by atoms with E-state index < -0.39 is 0 Å². The molecule has 1 atom stereocenters. The van der Waals surface area contributed by atoms with Crippen molar-refractivity contribution < 1.29 is 19.1 Å². The number of pyridine rings is 1. The molecule has 1 aromatic heterocycles. The molecule has 0 unspecified atom stereocenters. The number of benzene rings is 1. The summed E-state index contributed by atoms with van der Waals surface area (Å²) in [5.74, 6) is 0.869. The summed E-state index contributed by atoms with van der Waals surface area (Å²) in [5.41, 5.74) is 2.02. The SMILES string of the molecule is COCCN1CCCCCN(C(=O)c2ccc(C)nc2)[C@@H](CC(C)C)COc2ccccc2C1=O. The highest BCUT2D eigenvalue weighted by Gasteiger charge is 2.28. The van der Waals surface area contributed by atoms with E-state index in [0.29, 0.717) is 55.6 Å². The fourth-order valence-corrected chi connectivity index (χ4v) is 4.44. The minimum Gasteiger partial charge on any atom is -0.491 e. The molecule has 35 heavy (non-hydrogen) atoms. The van der Waals surface area contributed by atoms with Gasteiger partial charge in [0, 0.05) is 38.6 Å². The van der Waals surface area contributed by atoms with Gasteiger partial charge in [0.1, 0.15) is 12.4 Å². The van der Waals surface area contributed by atoms with Gasteiger partial charge in [0.15, 0.2) is 0 Å². The third-order valence-corrected chi connectivity index (χ3v) is 6.33. The Kier molecular flexibility index (Phi) is 10.1. The zero-order valence-electron chi connectivity index (χ0n) is 21.5. The van der Waals surface area contributed by atoms with Crippen LogP contribution in [0.1, 0.15) is 65.9 Å². The standard InChI is InChI=1S/C28H39N3O4/c1-21(2)18-24-20-35-26-11-7-6-10-25(26)28(33)30(16-17-34-4)14-8-5-9-15-31(24)27(32)23-13-12-22(3)29-19-23/h6-7,10-13,19,21,24H,5,8-9,14-18,20H2,1-4H3/t24-/m0/s1. The molecule has 3 rings (SSSR count). The highest BCUT2D eigenvalue weighted by atomic mass is 16.5. The molecule has 1 aliphatic heterocycles. The average molecular weight is 482 g/mol. The van der Waals surface area contributed by atoms with E-state index in [1.165, 1.54) is 0 Å². The van der Waals surface area contributed by atoms with Crippen LogP contribution in [0.2, 0.25) is 0 Å². The van der Waals surface area contributed by atoms with Crippen molar-refractivity contribution >= 4 is 11.8 Å². The van der Waals surface area contributed by atoms with Gasteiger partial charge in [0.25, 0.3) is 11.8 Å². The van der Waals surface area contributed by atoms with Gasteiger partial charge in [-0.1, -0.05) is 26.0 Å². The number of amides is 2. The number of aryl methyl sites for hydroxylation is 1. The predicted molar refractivity (Wildman–Crippen MR) is 137 cm³/mol. The van der Waals surface area contributed by atoms with Crippen LogP contribution in [-0.2, 0) is 4.74 Å². The lowest BCUT2D eigenvalue weighted by molar-refractivity contribution is 0.0572. The van der Waals surface area contributed by atoms with Gasteiger partial charge in [-0.15, -0.1) is 0 Å². The van der Waals surface area contributed by atoms with E-state index >= 15 is 0 Å². The van der Waals surface area contributed by atoms with Gasteiger partial charge in [0.2, 0.25) is 0 Å². The highest BCUT2D eigenvalue weighted by molar-refractivity contribution is 5.97. The van der Waals surface area contributed by atoms with E-state index in [1.807, 2.05) is 53.1 Å². The monoisotopic (exact) mass is 481 g/mol. The third kappa shape index (κ3) is 7.52. The molecule has 0 aliphatic carbocycles. The first-order valence-corrected chi connectivity index (χ1v) is 12.6. The molecule has 1 aromatic carbocycles. The predicted octanol–water partition coefficient (Wildman–Crippen LogP) is 4.60. The Morgan fingerprint density at radius 3 is 2.63 bits per heavy atom. The summed E-state index contributed by atoms with van der Waals surface area (Å²) < 4.78 is 11.5. The smallest absolute Gasteiger partial charge is 0.257 e. The normalized spacial score (nSPS) is 17.7. The fraction of sp³-hybridized carbons (Fsp3) is 0.536. The Labute approximate surface area is 209 Å². The lowest BCUT2D eigenvalue weighted by Crippen LogP contribution is -2.45. The van der Waals surface area contributed by atoms with E-state index in [1.54, 1.807) is 13.3 Å². The summed E-state index contributed by atoms with van der Waals surface area (Å²) in [6.07, 6.45) is 5.11. The summed E-state index contributed by atoms with van der Waals surface area (Å²) in [4.78, 5) is 35.2. The summed E-state index contributed by atoms with van der Waals surface area (Å²) in [7, 11) is 1.65. The number of nitrogens with zero attached hydrogens (tertiary/aromatic N) is 3. The molecule has 7 nitrogen and oxygen atoms in total. The number of aromatic nitrogens is 1. The third-order valence-electron chi connectivity index (χ3n) is 6.33. The second-order valence-electron chi connectivity index (χ2n) is 9.62. The Balaban J connectivity index is 1.92. The van der Waals surface area contributed by atoms with Crippen LogP contribution in [0.25, 0.3) is 0 Å². The number of para-hydroxylation sites is 1. The zero-order valence-corrected chi connectivity index (χ0v) is 21.5. The molecule has 0 bridgehead atoms. The van der Waals surface area contributed by atoms with Gasteiger partial charge in [-0.2, -0.15) is 0 Å². The van der Waals surface area contributed by atoms with Crippen molar-refractivity contribution in [2.24, 2.45) is 5.92 Å². The first-order chi connectivity index (χ1) is 16.9. The van der Waals surface area contributed by atoms with Gasteiger partial charge >= 0.3 is 0 Å². The highest BCUT2D eigenvalue weighted by Crippen LogP contribution is 2.24. The molecule has 1 aliphatic rings. The topological polar surface area (TPSA) is 72.0 Å². The summed E-state index contributed by atoms with van der Waals surface area (Å²) >= 11 is 0. The minimum atomic E-state index is -0.114. The van der Waals surface area contributed by atoms with Gasteiger partial charge in [-0.05, 0) is 62.8 Å². The van der Waals surface area contributed by atoms with E-state index in [0.717, 1.165) is 31.4 Å². The van der Waals surface area contributed by atoms with Crippen LogP contribution in [0.3, 0.4) is 0 Å². The van der Waals surface area contributed by atoms with Crippen molar-refractivity contribution in [2.75, 3.05) is 40.0 Å². The molecule has 0 N–H and O–H groups in total. The van der Waals surface area contributed by atoms with Crippen molar-refractivity contribution in [3.63, 3.8) is 0 Å². The molecule has 0 spiro atoms. The molecule has 2 amide bonds. The fourth-order valence-electron chi connectivity index (χ4n) is 4.44. The molecule has 7 heteroatoms. The van der Waals surface area contributed by atoms with Gasteiger partial charge in [-0.3, -0.25) is 14.6 Å². The average Bonchev–Trinajstić information content (AvgIpc) is 2.86. The van der Waals surface area contributed by atoms with Gasteiger partial charge in [0.05, 0.1) is 23.8 Å². The number of carbonyl (C=O) groups excluding carboxylic acids is 2. The first-order valence-electron chi connectivity index (χ1n) is 12.6. The molecule has 0 fully saturated rings. The van der Waals surface area contributed by atoms with Crippen LogP contribution in [0, 0.1) is 12.8 Å². The number of methoxy groups -OCH3 is 1. The molecule has 190 valence electrons. The maximum Gasteiger partial charge on any atom is 0.257 e. The maximum absolute atomic E-state index is 13.6. The van der Waals surface area contributed by atoms with Crippen molar-refractivity contribution in [2.45, 2.75) is 52.5 Å². The van der Waals surface area contributed by atoms with E-state index in [-0.39, 0.29) is 17.9 Å². The van der Waals surface area contributed by atoms with Crippen molar-refractivity contribution in [1.82, 2.24) is 14.8 Å². The number of fused-ring (bicyclic) bond motifs is 1. The number of rotatable bonds is 6. The minimum absolute atomic E-state index is 0.0206. The molecule has 2 aromatic rings. The second kappa shape index (κ2) is 13.2. The second-order valence-corrected chi connectivity index (χ2v) is 9.62. The van der Waals surface area contributed by atoms with Gasteiger partial charge in [-0.25, -0.2) is 0 Å². The summed E-state index contributed by atoms with van der Waals surface area (Å²) in [6.45, 7) is 8.85. The molecule has 0 saturated heterocycles. The first kappa shape index (κ1) is 26.7. The largest absolute Gasteiger partial charge is 0.491 e. The Morgan fingerprint density at radius 2 is 1.91 bits per heavy atom. The molecule has 0 radical (unpaired) electrons.